The normalized spacial score (nSPS) is 12.0. The Morgan fingerprint density at radius 1 is 1.14 bits per heavy atom. The second kappa shape index (κ2) is 7.54. The van der Waals surface area contributed by atoms with Crippen molar-refractivity contribution in [3.63, 3.8) is 0 Å². The van der Waals surface area contributed by atoms with E-state index in [1.165, 1.54) is 6.92 Å². The molecule has 1 rings (SSSR count). The van der Waals surface area contributed by atoms with E-state index < -0.39 is 12.0 Å². The van der Waals surface area contributed by atoms with Crippen molar-refractivity contribution in [1.82, 2.24) is 5.32 Å². The number of carboxylic acids is 1. The Kier molecular flexibility index (Phi) is 6.05. The van der Waals surface area contributed by atoms with Crippen LogP contribution in [0.15, 0.2) is 24.3 Å². The molecule has 0 heterocycles. The van der Waals surface area contributed by atoms with Crippen LogP contribution in [-0.2, 0) is 9.59 Å². The minimum absolute atomic E-state index is 0.0456. The third-order valence-corrected chi connectivity index (χ3v) is 2.99. The Balaban J connectivity index is 2.53. The molecule has 1 aromatic rings. The number of carboxylic acid groups (broad SMARTS) is 1. The van der Waals surface area contributed by atoms with Gasteiger partial charge in [-0.3, -0.25) is 19.7 Å². The van der Waals surface area contributed by atoms with E-state index in [0.29, 0.717) is 11.3 Å². The van der Waals surface area contributed by atoms with Crippen LogP contribution in [-0.4, -0.2) is 35.4 Å². The minimum atomic E-state index is -0.983. The lowest BCUT2D eigenvalue weighted by Gasteiger charge is -2.17. The van der Waals surface area contributed by atoms with E-state index in [1.54, 1.807) is 38.1 Å². The van der Waals surface area contributed by atoms with Gasteiger partial charge in [-0.2, -0.15) is 0 Å². The number of Topliss-reactive ketones (excluding diaryl/α,β-unsaturated/α-hetero) is 1. The maximum atomic E-state index is 11.7. The molecular formula is C15H20N2O4. The third-order valence-electron chi connectivity index (χ3n) is 2.99. The molecule has 0 aromatic heterocycles. The van der Waals surface area contributed by atoms with Gasteiger partial charge >= 0.3 is 5.97 Å². The molecule has 1 unspecified atom stereocenters. The Labute approximate surface area is 123 Å². The fourth-order valence-corrected chi connectivity index (χ4v) is 1.80. The Hall–Kier alpha value is -2.21. The summed E-state index contributed by atoms with van der Waals surface area (Å²) in [4.78, 5) is 33.9. The summed E-state index contributed by atoms with van der Waals surface area (Å²) in [5.74, 6) is -1.48. The van der Waals surface area contributed by atoms with E-state index in [1.807, 2.05) is 0 Å². The van der Waals surface area contributed by atoms with Gasteiger partial charge in [0.1, 0.15) is 6.04 Å². The third kappa shape index (κ3) is 5.35. The highest BCUT2D eigenvalue weighted by Gasteiger charge is 2.21. The topological polar surface area (TPSA) is 95.5 Å². The maximum absolute atomic E-state index is 11.7. The van der Waals surface area contributed by atoms with Crippen LogP contribution in [0.2, 0.25) is 0 Å². The molecule has 0 aliphatic carbocycles. The summed E-state index contributed by atoms with van der Waals surface area (Å²) in [5.41, 5.74) is 1.13. The van der Waals surface area contributed by atoms with Gasteiger partial charge in [-0.15, -0.1) is 0 Å². The van der Waals surface area contributed by atoms with Crippen molar-refractivity contribution in [3.8, 4) is 0 Å². The minimum Gasteiger partial charge on any atom is -0.480 e. The van der Waals surface area contributed by atoms with Crippen LogP contribution in [0.3, 0.4) is 0 Å². The molecule has 0 radical (unpaired) electrons. The first-order valence-corrected chi connectivity index (χ1v) is 6.68. The highest BCUT2D eigenvalue weighted by Crippen LogP contribution is 2.10. The van der Waals surface area contributed by atoms with Gasteiger partial charge in [-0.1, -0.05) is 13.8 Å². The molecule has 1 atom stereocenters. The zero-order chi connectivity index (χ0) is 16.0. The molecule has 0 saturated carbocycles. The Morgan fingerprint density at radius 3 is 2.14 bits per heavy atom. The second-order valence-electron chi connectivity index (χ2n) is 5.12. The first-order chi connectivity index (χ1) is 9.81. The number of ketones is 1. The molecule has 114 valence electrons. The highest BCUT2D eigenvalue weighted by atomic mass is 16.4. The van der Waals surface area contributed by atoms with Gasteiger partial charge in [0.2, 0.25) is 5.91 Å². The SMILES string of the molecule is CC(=O)c1ccc(NC(=O)CNC(C(=O)O)C(C)C)cc1. The van der Waals surface area contributed by atoms with Crippen LogP contribution in [0.25, 0.3) is 0 Å². The number of nitrogens with one attached hydrogen (secondary N) is 2. The molecule has 0 fully saturated rings. The average molecular weight is 292 g/mol. The summed E-state index contributed by atoms with van der Waals surface area (Å²) in [6.45, 7) is 4.91. The van der Waals surface area contributed by atoms with Gasteiger partial charge in [0.25, 0.3) is 0 Å². The predicted octanol–water partition coefficient (Wildman–Crippen LogP) is 1.53. The van der Waals surface area contributed by atoms with Gasteiger partial charge in [-0.25, -0.2) is 0 Å². The number of aliphatic carboxylic acids is 1. The van der Waals surface area contributed by atoms with Gasteiger partial charge in [0.15, 0.2) is 5.78 Å². The van der Waals surface area contributed by atoms with Crippen LogP contribution in [0.1, 0.15) is 31.1 Å². The molecule has 6 heteroatoms. The monoisotopic (exact) mass is 292 g/mol. The summed E-state index contributed by atoms with van der Waals surface area (Å²) < 4.78 is 0. The molecule has 1 aromatic carbocycles. The maximum Gasteiger partial charge on any atom is 0.320 e. The van der Waals surface area contributed by atoms with Crippen molar-refractivity contribution in [1.29, 1.82) is 0 Å². The number of hydrogen-bond acceptors (Lipinski definition) is 4. The fraction of sp³-hybridized carbons (Fsp3) is 0.400. The van der Waals surface area contributed by atoms with Crippen molar-refractivity contribution in [2.24, 2.45) is 5.92 Å². The molecule has 0 aliphatic rings. The standard InChI is InChI=1S/C15H20N2O4/c1-9(2)14(15(20)21)16-8-13(19)17-12-6-4-11(5-7-12)10(3)18/h4-7,9,14,16H,8H2,1-3H3,(H,17,19)(H,20,21). The van der Waals surface area contributed by atoms with E-state index in [4.69, 9.17) is 5.11 Å². The van der Waals surface area contributed by atoms with Crippen LogP contribution in [0, 0.1) is 5.92 Å². The van der Waals surface area contributed by atoms with E-state index in [-0.39, 0.29) is 24.2 Å². The lowest BCUT2D eigenvalue weighted by Crippen LogP contribution is -2.44. The summed E-state index contributed by atoms with van der Waals surface area (Å²) in [5, 5.41) is 14.3. The number of rotatable bonds is 7. The molecule has 0 aliphatic heterocycles. The molecule has 0 bridgehead atoms. The smallest absolute Gasteiger partial charge is 0.320 e. The molecule has 0 spiro atoms. The predicted molar refractivity (Wildman–Crippen MR) is 79.3 cm³/mol. The first kappa shape index (κ1) is 16.8. The van der Waals surface area contributed by atoms with Crippen molar-refractivity contribution in [2.75, 3.05) is 11.9 Å². The van der Waals surface area contributed by atoms with Crippen LogP contribution in [0.4, 0.5) is 5.69 Å². The summed E-state index contributed by atoms with van der Waals surface area (Å²) in [7, 11) is 0. The van der Waals surface area contributed by atoms with E-state index in [9.17, 15) is 14.4 Å². The summed E-state index contributed by atoms with van der Waals surface area (Å²) >= 11 is 0. The molecule has 0 saturated heterocycles. The van der Waals surface area contributed by atoms with Crippen LogP contribution >= 0.6 is 0 Å². The zero-order valence-corrected chi connectivity index (χ0v) is 12.3. The van der Waals surface area contributed by atoms with Crippen molar-refractivity contribution < 1.29 is 19.5 Å². The number of benzene rings is 1. The van der Waals surface area contributed by atoms with E-state index in [2.05, 4.69) is 10.6 Å². The molecular weight excluding hydrogens is 272 g/mol. The second-order valence-corrected chi connectivity index (χ2v) is 5.12. The largest absolute Gasteiger partial charge is 0.480 e. The van der Waals surface area contributed by atoms with Crippen molar-refractivity contribution >= 4 is 23.3 Å². The fourth-order valence-electron chi connectivity index (χ4n) is 1.80. The lowest BCUT2D eigenvalue weighted by atomic mass is 10.1. The quantitative estimate of drug-likeness (QED) is 0.662. The van der Waals surface area contributed by atoms with Gasteiger partial charge in [0.05, 0.1) is 6.54 Å². The molecule has 3 N–H and O–H groups in total. The number of carbonyl (C=O) groups is 3. The molecule has 6 nitrogen and oxygen atoms in total. The van der Waals surface area contributed by atoms with Crippen LogP contribution in [0.5, 0.6) is 0 Å². The molecule has 1 amide bonds. The first-order valence-electron chi connectivity index (χ1n) is 6.68. The number of amides is 1. The summed E-state index contributed by atoms with van der Waals surface area (Å²) in [6.07, 6.45) is 0. The van der Waals surface area contributed by atoms with Gasteiger partial charge < -0.3 is 10.4 Å². The number of hydrogen-bond donors (Lipinski definition) is 3. The average Bonchev–Trinajstić information content (AvgIpc) is 2.38. The number of carbonyl (C=O) groups excluding carboxylic acids is 2. The van der Waals surface area contributed by atoms with Crippen molar-refractivity contribution in [3.05, 3.63) is 29.8 Å². The zero-order valence-electron chi connectivity index (χ0n) is 12.3. The Bertz CT molecular complexity index is 523. The van der Waals surface area contributed by atoms with Crippen LogP contribution < -0.4 is 10.6 Å². The van der Waals surface area contributed by atoms with Gasteiger partial charge in [-0.05, 0) is 37.1 Å². The van der Waals surface area contributed by atoms with Gasteiger partial charge in [0, 0.05) is 11.3 Å². The number of anilines is 1. The van der Waals surface area contributed by atoms with Crippen molar-refractivity contribution in [2.45, 2.75) is 26.8 Å². The highest BCUT2D eigenvalue weighted by molar-refractivity contribution is 5.96. The van der Waals surface area contributed by atoms with E-state index >= 15 is 0 Å². The molecule has 21 heavy (non-hydrogen) atoms. The Morgan fingerprint density at radius 2 is 1.71 bits per heavy atom. The lowest BCUT2D eigenvalue weighted by molar-refractivity contribution is -0.140. The van der Waals surface area contributed by atoms with E-state index in [0.717, 1.165) is 0 Å². The summed E-state index contributed by atoms with van der Waals surface area (Å²) in [6, 6.07) is 5.74.